The van der Waals surface area contributed by atoms with E-state index in [0.29, 0.717) is 24.2 Å². The molecule has 0 atom stereocenters. The van der Waals surface area contributed by atoms with Crippen LogP contribution >= 0.6 is 0 Å². The smallest absolute Gasteiger partial charge is 0.354 e. The van der Waals surface area contributed by atoms with Gasteiger partial charge >= 0.3 is 5.69 Å². The molecule has 2 aromatic heterocycles. The Morgan fingerprint density at radius 2 is 2.14 bits per heavy atom. The third-order valence-electron chi connectivity index (χ3n) is 3.70. The number of nitrogens with one attached hydrogen (secondary N) is 1. The minimum absolute atomic E-state index is 0.119. The molecule has 140 valence electrons. The van der Waals surface area contributed by atoms with Crippen LogP contribution < -0.4 is 11.2 Å². The molecule has 0 saturated heterocycles. The van der Waals surface area contributed by atoms with E-state index in [4.69, 9.17) is 11.0 Å². The summed E-state index contributed by atoms with van der Waals surface area (Å²) in [6.07, 6.45) is 4.64. The van der Waals surface area contributed by atoms with Crippen LogP contribution in [0.5, 0.6) is 0 Å². The molecule has 0 saturated carbocycles. The Balaban J connectivity index is 1.90. The molecule has 3 rings (SSSR count). The Morgan fingerprint density at radius 1 is 1.36 bits per heavy atom. The third-order valence-corrected chi connectivity index (χ3v) is 3.70. The first-order valence-electron chi connectivity index (χ1n) is 8.14. The highest BCUT2D eigenvalue weighted by Crippen LogP contribution is 2.26. The molecule has 0 amide bonds. The van der Waals surface area contributed by atoms with Crippen molar-refractivity contribution in [3.63, 3.8) is 0 Å². The Morgan fingerprint density at radius 3 is 2.86 bits per heavy atom. The summed E-state index contributed by atoms with van der Waals surface area (Å²) in [5.74, 6) is -0.376. The Labute approximate surface area is 159 Å². The van der Waals surface area contributed by atoms with E-state index in [0.717, 1.165) is 11.9 Å². The molecule has 3 aromatic rings. The van der Waals surface area contributed by atoms with Gasteiger partial charge in [-0.2, -0.15) is 15.5 Å². The number of aromatic nitrogens is 4. The van der Waals surface area contributed by atoms with E-state index in [1.54, 1.807) is 10.9 Å². The van der Waals surface area contributed by atoms with Crippen LogP contribution in [0.1, 0.15) is 12.0 Å². The van der Waals surface area contributed by atoms with Crippen LogP contribution in [0.3, 0.4) is 0 Å². The maximum atomic E-state index is 11.1. The van der Waals surface area contributed by atoms with Gasteiger partial charge in [-0.3, -0.25) is 20.2 Å². The summed E-state index contributed by atoms with van der Waals surface area (Å²) in [7, 11) is 0. The second-order valence-corrected chi connectivity index (χ2v) is 5.55. The zero-order chi connectivity index (χ0) is 19.9. The highest BCUT2D eigenvalue weighted by Gasteiger charge is 2.20. The number of hydrogen-bond donors (Lipinski definition) is 2. The fraction of sp³-hybridized carbons (Fsp3) is 0.118. The van der Waals surface area contributed by atoms with Crippen LogP contribution in [0.25, 0.3) is 11.3 Å². The molecule has 0 aliphatic rings. The quantitative estimate of drug-likeness (QED) is 0.360. The van der Waals surface area contributed by atoms with Crippen LogP contribution in [-0.2, 0) is 6.54 Å². The number of nitrogens with zero attached hydrogens (tertiary/aromatic N) is 7. The number of hydrogen-bond acceptors (Lipinski definition) is 9. The largest absolute Gasteiger partial charge is 0.378 e. The van der Waals surface area contributed by atoms with Gasteiger partial charge in [-0.1, -0.05) is 30.3 Å². The maximum Gasteiger partial charge on any atom is 0.354 e. The standard InChI is InChI=1S/C17H15N9O2/c18-7-4-8-25-10-13(14(24-25)12-5-2-1-3-6-12)9-22-23-17-15(26(27)28)16(19)20-11-21-17/h1-3,5-6,9-11H,4,8H2,(H3,19,20,21,23)/b22-9+. The van der Waals surface area contributed by atoms with Crippen molar-refractivity contribution in [2.75, 3.05) is 11.2 Å². The minimum atomic E-state index is -0.678. The third kappa shape index (κ3) is 4.07. The summed E-state index contributed by atoms with van der Waals surface area (Å²) in [6.45, 7) is 0.436. The van der Waals surface area contributed by atoms with Gasteiger partial charge in [0.25, 0.3) is 0 Å². The van der Waals surface area contributed by atoms with Crippen molar-refractivity contribution in [3.8, 4) is 17.3 Å². The van der Waals surface area contributed by atoms with Gasteiger partial charge in [0.2, 0.25) is 11.6 Å². The van der Waals surface area contributed by atoms with E-state index in [1.807, 2.05) is 30.3 Å². The van der Waals surface area contributed by atoms with E-state index >= 15 is 0 Å². The van der Waals surface area contributed by atoms with Crippen molar-refractivity contribution < 1.29 is 4.92 Å². The Bertz CT molecular complexity index is 1050. The molecule has 0 radical (unpaired) electrons. The van der Waals surface area contributed by atoms with Gasteiger partial charge in [-0.25, -0.2) is 9.97 Å². The molecule has 0 bridgehead atoms. The van der Waals surface area contributed by atoms with Crippen molar-refractivity contribution in [2.45, 2.75) is 13.0 Å². The van der Waals surface area contributed by atoms with Crippen LogP contribution in [-0.4, -0.2) is 30.9 Å². The Hall–Kier alpha value is -4.33. The van der Waals surface area contributed by atoms with E-state index in [-0.39, 0.29) is 11.6 Å². The minimum Gasteiger partial charge on any atom is -0.378 e. The highest BCUT2D eigenvalue weighted by atomic mass is 16.6. The van der Waals surface area contributed by atoms with Crippen molar-refractivity contribution in [1.29, 1.82) is 5.26 Å². The lowest BCUT2D eigenvalue weighted by Gasteiger charge is -2.02. The molecule has 0 aliphatic carbocycles. The predicted molar refractivity (Wildman–Crippen MR) is 102 cm³/mol. The fourth-order valence-electron chi connectivity index (χ4n) is 2.45. The van der Waals surface area contributed by atoms with Crippen LogP contribution in [0.4, 0.5) is 17.3 Å². The molecular formula is C17H15N9O2. The maximum absolute atomic E-state index is 11.1. The van der Waals surface area contributed by atoms with Gasteiger partial charge in [0, 0.05) is 17.3 Å². The van der Waals surface area contributed by atoms with E-state index in [2.05, 4.69) is 31.7 Å². The SMILES string of the molecule is N#CCCn1cc(/C=N/Nc2ncnc(N)c2[N+](=O)[O-])c(-c2ccccc2)n1. The number of nitrogens with two attached hydrogens (primary N) is 1. The average molecular weight is 377 g/mol. The summed E-state index contributed by atoms with van der Waals surface area (Å²) in [5, 5.41) is 28.4. The predicted octanol–water partition coefficient (Wildman–Crippen LogP) is 2.19. The topological polar surface area (TPSA) is 161 Å². The van der Waals surface area contributed by atoms with Gasteiger partial charge in [0.1, 0.15) is 12.0 Å². The van der Waals surface area contributed by atoms with Gasteiger partial charge in [-0.05, 0) is 0 Å². The molecule has 0 fully saturated rings. The number of nitriles is 1. The lowest BCUT2D eigenvalue weighted by molar-refractivity contribution is -0.383. The molecule has 1 aromatic carbocycles. The van der Waals surface area contributed by atoms with Crippen LogP contribution in [0, 0.1) is 21.4 Å². The summed E-state index contributed by atoms with van der Waals surface area (Å²) in [4.78, 5) is 17.9. The number of anilines is 2. The van der Waals surface area contributed by atoms with Crippen molar-refractivity contribution in [2.24, 2.45) is 5.10 Å². The molecule has 0 spiro atoms. The molecular weight excluding hydrogens is 362 g/mol. The number of aryl methyl sites for hydroxylation is 1. The second-order valence-electron chi connectivity index (χ2n) is 5.55. The second kappa shape index (κ2) is 8.37. The zero-order valence-electron chi connectivity index (χ0n) is 14.6. The zero-order valence-corrected chi connectivity index (χ0v) is 14.6. The molecule has 11 nitrogen and oxygen atoms in total. The first kappa shape index (κ1) is 18.5. The van der Waals surface area contributed by atoms with Gasteiger partial charge in [-0.15, -0.1) is 0 Å². The molecule has 28 heavy (non-hydrogen) atoms. The van der Waals surface area contributed by atoms with Crippen molar-refractivity contribution in [3.05, 3.63) is 58.5 Å². The number of nitro groups is 1. The van der Waals surface area contributed by atoms with Crippen molar-refractivity contribution >= 4 is 23.5 Å². The lowest BCUT2D eigenvalue weighted by atomic mass is 10.1. The van der Waals surface area contributed by atoms with Crippen molar-refractivity contribution in [1.82, 2.24) is 19.7 Å². The molecule has 11 heteroatoms. The number of benzene rings is 1. The summed E-state index contributed by atoms with van der Waals surface area (Å²) >= 11 is 0. The molecule has 2 heterocycles. The van der Waals surface area contributed by atoms with Gasteiger partial charge in [0.05, 0.1) is 30.2 Å². The normalized spacial score (nSPS) is 10.7. The summed E-state index contributed by atoms with van der Waals surface area (Å²) in [6, 6.07) is 11.5. The van der Waals surface area contributed by atoms with Crippen LogP contribution in [0.15, 0.2) is 48.0 Å². The first-order valence-corrected chi connectivity index (χ1v) is 8.14. The average Bonchev–Trinajstić information content (AvgIpc) is 3.10. The van der Waals surface area contributed by atoms with Gasteiger partial charge in [0.15, 0.2) is 0 Å². The summed E-state index contributed by atoms with van der Waals surface area (Å²) in [5.41, 5.74) is 9.81. The van der Waals surface area contributed by atoms with Gasteiger partial charge < -0.3 is 5.73 Å². The fourth-order valence-corrected chi connectivity index (χ4v) is 2.45. The Kier molecular flexibility index (Phi) is 5.52. The molecule has 0 aliphatic heterocycles. The summed E-state index contributed by atoms with van der Waals surface area (Å²) < 4.78 is 1.65. The lowest BCUT2D eigenvalue weighted by Crippen LogP contribution is -2.04. The monoisotopic (exact) mass is 377 g/mol. The number of nitrogen functional groups attached to an aromatic ring is 1. The first-order chi connectivity index (χ1) is 13.6. The highest BCUT2D eigenvalue weighted by molar-refractivity contribution is 5.89. The van der Waals surface area contributed by atoms with E-state index in [1.165, 1.54) is 6.21 Å². The molecule has 0 unspecified atom stereocenters. The van der Waals surface area contributed by atoms with Crippen LogP contribution in [0.2, 0.25) is 0 Å². The number of rotatable bonds is 7. The van der Waals surface area contributed by atoms with E-state index in [9.17, 15) is 10.1 Å². The number of hydrazone groups is 1. The molecule has 3 N–H and O–H groups in total. The van der Waals surface area contributed by atoms with E-state index < -0.39 is 10.6 Å².